The smallest absolute Gasteiger partial charge is 0.215 e. The first-order valence-electron chi connectivity index (χ1n) is 8.92. The molecular weight excluding hydrogens is 459 g/mol. The van der Waals surface area contributed by atoms with Crippen LogP contribution >= 0.6 is 39.1 Å². The number of benzene rings is 3. The summed E-state index contributed by atoms with van der Waals surface area (Å²) in [5, 5.41) is 8.14. The number of rotatable bonds is 2. The summed E-state index contributed by atoms with van der Waals surface area (Å²) in [4.78, 5) is 0. The van der Waals surface area contributed by atoms with Crippen LogP contribution in [0.3, 0.4) is 0 Å². The van der Waals surface area contributed by atoms with Crippen molar-refractivity contribution in [3.8, 4) is 5.75 Å². The number of halogens is 3. The third kappa shape index (κ3) is 3.10. The van der Waals surface area contributed by atoms with Crippen molar-refractivity contribution in [2.45, 2.75) is 18.7 Å². The fourth-order valence-corrected chi connectivity index (χ4v) is 4.65. The molecule has 3 nitrogen and oxygen atoms in total. The minimum absolute atomic E-state index is 0.0770. The van der Waals surface area contributed by atoms with Crippen LogP contribution in [0.2, 0.25) is 10.0 Å². The summed E-state index contributed by atoms with van der Waals surface area (Å²) in [5.74, 6) is 0.852. The van der Waals surface area contributed by atoms with Crippen LogP contribution in [0, 0.1) is 0 Å². The molecular formula is C22H15BrCl2N2O. The topological polar surface area (TPSA) is 24.8 Å². The summed E-state index contributed by atoms with van der Waals surface area (Å²) in [6, 6.07) is 21.9. The van der Waals surface area contributed by atoms with Gasteiger partial charge in [-0.2, -0.15) is 5.10 Å². The fourth-order valence-electron chi connectivity index (χ4n) is 3.77. The monoisotopic (exact) mass is 472 g/mol. The van der Waals surface area contributed by atoms with E-state index in [0.29, 0.717) is 10.0 Å². The van der Waals surface area contributed by atoms with Crippen molar-refractivity contribution in [2.24, 2.45) is 5.10 Å². The molecule has 6 heteroatoms. The summed E-state index contributed by atoms with van der Waals surface area (Å²) >= 11 is 16.2. The third-order valence-electron chi connectivity index (χ3n) is 5.09. The molecule has 140 valence electrons. The Kier molecular flexibility index (Phi) is 4.58. The highest BCUT2D eigenvalue weighted by Crippen LogP contribution is 2.49. The number of fused-ring (bicyclic) bond motifs is 3. The molecule has 0 fully saturated rings. The molecule has 0 saturated heterocycles. The molecule has 2 heterocycles. The van der Waals surface area contributed by atoms with Gasteiger partial charge in [0, 0.05) is 27.0 Å². The van der Waals surface area contributed by atoms with Gasteiger partial charge >= 0.3 is 0 Å². The lowest BCUT2D eigenvalue weighted by molar-refractivity contribution is -0.0190. The second kappa shape index (κ2) is 7.11. The van der Waals surface area contributed by atoms with Gasteiger partial charge in [-0.05, 0) is 35.9 Å². The van der Waals surface area contributed by atoms with Crippen LogP contribution in [-0.2, 0) is 0 Å². The minimum atomic E-state index is -0.412. The number of hydrogen-bond donors (Lipinski definition) is 0. The zero-order valence-electron chi connectivity index (χ0n) is 14.6. The lowest BCUT2D eigenvalue weighted by Gasteiger charge is -2.38. The van der Waals surface area contributed by atoms with E-state index in [1.165, 1.54) is 0 Å². The molecule has 0 bridgehead atoms. The second-order valence-electron chi connectivity index (χ2n) is 6.83. The molecule has 3 aromatic carbocycles. The van der Waals surface area contributed by atoms with Gasteiger partial charge < -0.3 is 4.74 Å². The first-order valence-corrected chi connectivity index (χ1v) is 10.5. The van der Waals surface area contributed by atoms with E-state index in [1.807, 2.05) is 47.5 Å². The van der Waals surface area contributed by atoms with Gasteiger partial charge in [-0.15, -0.1) is 0 Å². The largest absolute Gasteiger partial charge is 0.464 e. The molecule has 0 spiro atoms. The van der Waals surface area contributed by atoms with Crippen LogP contribution in [0.5, 0.6) is 5.75 Å². The van der Waals surface area contributed by atoms with Crippen LogP contribution in [0.4, 0.5) is 0 Å². The SMILES string of the molecule is Clc1ccc([C@@H]2Oc3ccc(Br)cc3[C@H]3CC(c4ccccc4)=NN32)c(Cl)c1. The Balaban J connectivity index is 1.63. The van der Waals surface area contributed by atoms with E-state index in [2.05, 4.69) is 34.1 Å². The first kappa shape index (κ1) is 18.0. The Hall–Kier alpha value is -2.01. The van der Waals surface area contributed by atoms with Gasteiger partial charge in [0.25, 0.3) is 0 Å². The van der Waals surface area contributed by atoms with Crippen molar-refractivity contribution in [1.29, 1.82) is 0 Å². The minimum Gasteiger partial charge on any atom is -0.464 e. The molecule has 3 aromatic rings. The Morgan fingerprint density at radius 2 is 1.79 bits per heavy atom. The Morgan fingerprint density at radius 3 is 2.57 bits per heavy atom. The Bertz CT molecular complexity index is 1090. The molecule has 5 rings (SSSR count). The molecule has 0 amide bonds. The van der Waals surface area contributed by atoms with E-state index in [1.54, 1.807) is 6.07 Å². The molecule has 2 aliphatic rings. The van der Waals surface area contributed by atoms with E-state index in [0.717, 1.165) is 39.0 Å². The zero-order valence-corrected chi connectivity index (χ0v) is 17.7. The average Bonchev–Trinajstić information content (AvgIpc) is 3.14. The highest BCUT2D eigenvalue weighted by atomic mass is 79.9. The van der Waals surface area contributed by atoms with Gasteiger partial charge in [-0.3, -0.25) is 0 Å². The summed E-state index contributed by atoms with van der Waals surface area (Å²) in [6.45, 7) is 0. The maximum atomic E-state index is 6.51. The number of hydrogen-bond acceptors (Lipinski definition) is 3. The lowest BCUT2D eigenvalue weighted by atomic mass is 9.96. The van der Waals surface area contributed by atoms with Crippen molar-refractivity contribution in [2.75, 3.05) is 0 Å². The van der Waals surface area contributed by atoms with Crippen molar-refractivity contribution in [1.82, 2.24) is 5.01 Å². The van der Waals surface area contributed by atoms with E-state index in [4.69, 9.17) is 33.0 Å². The summed E-state index contributed by atoms with van der Waals surface area (Å²) in [6.07, 6.45) is 0.392. The Labute approximate surface area is 181 Å². The second-order valence-corrected chi connectivity index (χ2v) is 8.59. The molecule has 0 aliphatic carbocycles. The van der Waals surface area contributed by atoms with Gasteiger partial charge in [0.05, 0.1) is 16.8 Å². The highest BCUT2D eigenvalue weighted by Gasteiger charge is 2.41. The summed E-state index contributed by atoms with van der Waals surface area (Å²) in [7, 11) is 0. The number of ether oxygens (including phenoxy) is 1. The van der Waals surface area contributed by atoms with Crippen molar-refractivity contribution in [3.63, 3.8) is 0 Å². The molecule has 0 unspecified atom stereocenters. The van der Waals surface area contributed by atoms with Gasteiger partial charge in [-0.25, -0.2) is 5.01 Å². The predicted molar refractivity (Wildman–Crippen MR) is 116 cm³/mol. The van der Waals surface area contributed by atoms with E-state index < -0.39 is 6.23 Å². The number of hydrazone groups is 1. The fraction of sp³-hybridized carbons (Fsp3) is 0.136. The van der Waals surface area contributed by atoms with Crippen LogP contribution in [0.15, 0.2) is 76.3 Å². The predicted octanol–water partition coefficient (Wildman–Crippen LogP) is 7.00. The molecule has 0 aromatic heterocycles. The maximum absolute atomic E-state index is 6.51. The molecule has 0 radical (unpaired) electrons. The van der Waals surface area contributed by atoms with Crippen LogP contribution < -0.4 is 4.74 Å². The van der Waals surface area contributed by atoms with Crippen LogP contribution in [0.25, 0.3) is 0 Å². The standard InChI is InChI=1S/C22H15BrCl2N2O/c23-14-6-9-21-17(10-14)20-12-19(13-4-2-1-3-5-13)26-27(20)22(28-21)16-8-7-15(24)11-18(16)25/h1-11,20,22H,12H2/t20-,22+/m1/s1. The summed E-state index contributed by atoms with van der Waals surface area (Å²) in [5.41, 5.74) is 4.12. The first-order chi connectivity index (χ1) is 13.6. The average molecular weight is 474 g/mol. The normalized spacial score (nSPS) is 20.2. The van der Waals surface area contributed by atoms with Gasteiger partial charge in [0.15, 0.2) is 0 Å². The van der Waals surface area contributed by atoms with Crippen LogP contribution in [-0.4, -0.2) is 10.7 Å². The molecule has 0 saturated carbocycles. The number of nitrogens with zero attached hydrogens (tertiary/aromatic N) is 2. The van der Waals surface area contributed by atoms with E-state index >= 15 is 0 Å². The van der Waals surface area contributed by atoms with Crippen molar-refractivity contribution < 1.29 is 4.74 Å². The maximum Gasteiger partial charge on any atom is 0.215 e. The molecule has 0 N–H and O–H groups in total. The highest BCUT2D eigenvalue weighted by molar-refractivity contribution is 9.10. The third-order valence-corrected chi connectivity index (χ3v) is 6.14. The molecule has 2 atom stereocenters. The lowest BCUT2D eigenvalue weighted by Crippen LogP contribution is -2.33. The van der Waals surface area contributed by atoms with Gasteiger partial charge in [0.1, 0.15) is 5.75 Å². The zero-order chi connectivity index (χ0) is 19.3. The van der Waals surface area contributed by atoms with Crippen molar-refractivity contribution >= 4 is 44.8 Å². The molecule has 28 heavy (non-hydrogen) atoms. The quantitative estimate of drug-likeness (QED) is 0.400. The van der Waals surface area contributed by atoms with E-state index in [9.17, 15) is 0 Å². The Morgan fingerprint density at radius 1 is 0.964 bits per heavy atom. The van der Waals surface area contributed by atoms with Gasteiger partial charge in [0.2, 0.25) is 6.23 Å². The van der Waals surface area contributed by atoms with Crippen molar-refractivity contribution in [3.05, 3.63) is 97.9 Å². The summed E-state index contributed by atoms with van der Waals surface area (Å²) < 4.78 is 7.38. The molecule has 2 aliphatic heterocycles. The van der Waals surface area contributed by atoms with Gasteiger partial charge in [-0.1, -0.05) is 75.5 Å². The van der Waals surface area contributed by atoms with Crippen LogP contribution in [0.1, 0.15) is 35.4 Å². The van der Waals surface area contributed by atoms with E-state index in [-0.39, 0.29) is 6.04 Å².